The average Bonchev–Trinajstić information content (AvgIpc) is 2.74. The highest BCUT2D eigenvalue weighted by Crippen LogP contribution is 2.28. The Morgan fingerprint density at radius 1 is 1.40 bits per heavy atom. The second kappa shape index (κ2) is 7.09. The molecule has 7 heteroatoms. The fourth-order valence-corrected chi connectivity index (χ4v) is 4.50. The molecular weight excluding hydrogens is 319 g/mol. The highest BCUT2D eigenvalue weighted by atomic mass is 35.5. The summed E-state index contributed by atoms with van der Waals surface area (Å²) in [5.41, 5.74) is 6.61. The van der Waals surface area contributed by atoms with E-state index in [1.54, 1.807) is 18.2 Å². The van der Waals surface area contributed by atoms with Crippen molar-refractivity contribution in [3.63, 3.8) is 0 Å². The van der Waals surface area contributed by atoms with E-state index in [4.69, 9.17) is 17.3 Å². The predicted molar refractivity (Wildman–Crippen MR) is 83.9 cm³/mol. The molecule has 2 unspecified atom stereocenters. The molecular formula is C13H20Cl2N2O2S. The molecule has 1 aromatic carbocycles. The molecule has 4 nitrogen and oxygen atoms in total. The van der Waals surface area contributed by atoms with E-state index in [-0.39, 0.29) is 34.3 Å². The van der Waals surface area contributed by atoms with E-state index in [0.29, 0.717) is 6.54 Å². The highest BCUT2D eigenvalue weighted by molar-refractivity contribution is 7.89. The Morgan fingerprint density at radius 2 is 2.10 bits per heavy atom. The number of hydrogen-bond acceptors (Lipinski definition) is 3. The van der Waals surface area contributed by atoms with Crippen molar-refractivity contribution in [3.05, 3.63) is 28.8 Å². The number of hydrogen-bond donors (Lipinski definition) is 2. The fourth-order valence-electron chi connectivity index (χ4n) is 2.56. The van der Waals surface area contributed by atoms with Gasteiger partial charge in [-0.3, -0.25) is 0 Å². The number of nitrogens with two attached hydrogens (primary N) is 1. The van der Waals surface area contributed by atoms with Crippen LogP contribution in [0.1, 0.15) is 24.8 Å². The second-order valence-corrected chi connectivity index (χ2v) is 7.18. The van der Waals surface area contributed by atoms with Crippen molar-refractivity contribution in [1.82, 2.24) is 4.72 Å². The summed E-state index contributed by atoms with van der Waals surface area (Å²) >= 11 is 6.03. The average molecular weight is 339 g/mol. The van der Waals surface area contributed by atoms with Crippen molar-refractivity contribution in [1.29, 1.82) is 0 Å². The molecule has 0 bridgehead atoms. The zero-order valence-corrected chi connectivity index (χ0v) is 13.7. The zero-order valence-electron chi connectivity index (χ0n) is 11.3. The van der Waals surface area contributed by atoms with Crippen molar-refractivity contribution in [2.24, 2.45) is 11.7 Å². The molecule has 0 radical (unpaired) electrons. The molecule has 114 valence electrons. The van der Waals surface area contributed by atoms with Crippen LogP contribution in [0.2, 0.25) is 5.02 Å². The van der Waals surface area contributed by atoms with Gasteiger partial charge in [0.1, 0.15) is 4.90 Å². The minimum atomic E-state index is -3.57. The van der Waals surface area contributed by atoms with E-state index < -0.39 is 10.0 Å². The molecule has 2 rings (SSSR count). The highest BCUT2D eigenvalue weighted by Gasteiger charge is 2.31. The molecule has 1 aliphatic rings. The quantitative estimate of drug-likeness (QED) is 0.885. The number of nitrogens with one attached hydrogen (secondary N) is 1. The lowest BCUT2D eigenvalue weighted by Crippen LogP contribution is -2.39. The number of aryl methyl sites for hydroxylation is 1. The van der Waals surface area contributed by atoms with Crippen molar-refractivity contribution >= 4 is 34.0 Å². The summed E-state index contributed by atoms with van der Waals surface area (Å²) in [7, 11) is -3.57. The Balaban J connectivity index is 0.00000200. The number of halogens is 2. The molecule has 1 saturated carbocycles. The summed E-state index contributed by atoms with van der Waals surface area (Å²) in [6, 6.07) is 4.87. The maximum atomic E-state index is 12.3. The summed E-state index contributed by atoms with van der Waals surface area (Å²) in [4.78, 5) is 0.141. The van der Waals surface area contributed by atoms with Crippen LogP contribution in [0.5, 0.6) is 0 Å². The predicted octanol–water partition coefficient (Wildman–Crippen LogP) is 2.48. The van der Waals surface area contributed by atoms with Gasteiger partial charge < -0.3 is 5.73 Å². The van der Waals surface area contributed by atoms with Crippen LogP contribution in [0.4, 0.5) is 0 Å². The van der Waals surface area contributed by atoms with Gasteiger partial charge in [-0.2, -0.15) is 0 Å². The number of sulfonamides is 1. The lowest BCUT2D eigenvalue weighted by Gasteiger charge is -2.19. The Kier molecular flexibility index (Phi) is 6.28. The van der Waals surface area contributed by atoms with Gasteiger partial charge in [0, 0.05) is 6.04 Å². The summed E-state index contributed by atoms with van der Waals surface area (Å²) in [5, 5.41) is 0.259. The van der Waals surface area contributed by atoms with Crippen molar-refractivity contribution in [3.8, 4) is 0 Å². The van der Waals surface area contributed by atoms with Crippen LogP contribution >= 0.6 is 24.0 Å². The van der Waals surface area contributed by atoms with Crippen LogP contribution < -0.4 is 10.5 Å². The molecule has 2 atom stereocenters. The van der Waals surface area contributed by atoms with Gasteiger partial charge in [0.05, 0.1) is 5.02 Å². The molecule has 0 saturated heterocycles. The maximum absolute atomic E-state index is 12.3. The van der Waals surface area contributed by atoms with Crippen molar-refractivity contribution in [2.45, 2.75) is 37.1 Å². The molecule has 0 amide bonds. The van der Waals surface area contributed by atoms with Gasteiger partial charge in [0.25, 0.3) is 0 Å². The summed E-state index contributed by atoms with van der Waals surface area (Å²) in [6.07, 6.45) is 2.83. The molecule has 1 aromatic rings. The van der Waals surface area contributed by atoms with Crippen LogP contribution in [0.25, 0.3) is 0 Å². The first-order valence-electron chi connectivity index (χ1n) is 6.42. The van der Waals surface area contributed by atoms with Crippen LogP contribution in [-0.4, -0.2) is 21.0 Å². The van der Waals surface area contributed by atoms with Gasteiger partial charge in [-0.1, -0.05) is 24.1 Å². The Morgan fingerprint density at radius 3 is 2.70 bits per heavy atom. The smallest absolute Gasteiger partial charge is 0.242 e. The molecule has 0 aliphatic heterocycles. The summed E-state index contributed by atoms with van der Waals surface area (Å²) in [6.45, 7) is 2.38. The van der Waals surface area contributed by atoms with Gasteiger partial charge in [-0.15, -0.1) is 12.4 Å². The third-order valence-electron chi connectivity index (χ3n) is 3.65. The molecule has 3 N–H and O–H groups in total. The third-order valence-corrected chi connectivity index (χ3v) is 5.62. The Hall–Kier alpha value is -0.330. The van der Waals surface area contributed by atoms with E-state index in [9.17, 15) is 8.42 Å². The van der Waals surface area contributed by atoms with E-state index in [1.165, 1.54) is 0 Å². The van der Waals surface area contributed by atoms with Gasteiger partial charge in [-0.25, -0.2) is 13.1 Å². The lowest BCUT2D eigenvalue weighted by molar-refractivity contribution is 0.453. The van der Waals surface area contributed by atoms with Crippen LogP contribution in [0, 0.1) is 12.8 Å². The topological polar surface area (TPSA) is 72.2 Å². The van der Waals surface area contributed by atoms with Crippen LogP contribution in [-0.2, 0) is 10.0 Å². The SMILES string of the molecule is Cc1ccc(S(=O)(=O)NC2CCCC2CN)c(Cl)c1.Cl. The monoisotopic (exact) mass is 338 g/mol. The molecule has 20 heavy (non-hydrogen) atoms. The normalized spacial score (nSPS) is 22.6. The van der Waals surface area contributed by atoms with Crippen LogP contribution in [0.15, 0.2) is 23.1 Å². The van der Waals surface area contributed by atoms with Gasteiger partial charge in [-0.05, 0) is 49.9 Å². The first kappa shape index (κ1) is 17.7. The maximum Gasteiger partial charge on any atom is 0.242 e. The zero-order chi connectivity index (χ0) is 14.0. The van der Waals surface area contributed by atoms with Gasteiger partial charge in [0.2, 0.25) is 10.0 Å². The summed E-state index contributed by atoms with van der Waals surface area (Å²) in [5.74, 6) is 0.221. The molecule has 0 heterocycles. The lowest BCUT2D eigenvalue weighted by atomic mass is 10.1. The minimum Gasteiger partial charge on any atom is -0.330 e. The molecule has 0 spiro atoms. The summed E-state index contributed by atoms with van der Waals surface area (Å²) < 4.78 is 27.4. The van der Waals surface area contributed by atoms with E-state index in [2.05, 4.69) is 4.72 Å². The Bertz CT molecular complexity index is 563. The van der Waals surface area contributed by atoms with Crippen molar-refractivity contribution in [2.75, 3.05) is 6.54 Å². The molecule has 0 aromatic heterocycles. The fraction of sp³-hybridized carbons (Fsp3) is 0.538. The Labute approximate surface area is 131 Å². The first-order chi connectivity index (χ1) is 8.94. The van der Waals surface area contributed by atoms with E-state index in [0.717, 1.165) is 24.8 Å². The third kappa shape index (κ3) is 3.86. The number of benzene rings is 1. The van der Waals surface area contributed by atoms with Gasteiger partial charge in [0.15, 0.2) is 0 Å². The van der Waals surface area contributed by atoms with E-state index >= 15 is 0 Å². The second-order valence-electron chi connectivity index (χ2n) is 5.09. The van der Waals surface area contributed by atoms with Crippen molar-refractivity contribution < 1.29 is 8.42 Å². The first-order valence-corrected chi connectivity index (χ1v) is 8.28. The van der Waals surface area contributed by atoms with Crippen LogP contribution in [0.3, 0.4) is 0 Å². The minimum absolute atomic E-state index is 0. The van der Waals surface area contributed by atoms with Gasteiger partial charge >= 0.3 is 0 Å². The standard InChI is InChI=1S/C13H19ClN2O2S.ClH/c1-9-5-6-13(11(14)7-9)19(17,18)16-12-4-2-3-10(12)8-15;/h5-7,10,12,16H,2-4,8,15H2,1H3;1H. The molecule has 1 aliphatic carbocycles. The van der Waals surface area contributed by atoms with E-state index in [1.807, 2.05) is 6.92 Å². The number of rotatable bonds is 4. The largest absolute Gasteiger partial charge is 0.330 e. The molecule has 1 fully saturated rings.